The number of carbonyl (C=O) groups excluding carboxylic acids is 1. The number of alkyl halides is 3. The highest BCUT2D eigenvalue weighted by molar-refractivity contribution is 7.17. The van der Waals surface area contributed by atoms with Crippen LogP contribution in [0, 0.1) is 0 Å². The number of hydrogen-bond acceptors (Lipinski definition) is 4. The van der Waals surface area contributed by atoms with Gasteiger partial charge in [-0.3, -0.25) is 0 Å². The van der Waals surface area contributed by atoms with Crippen molar-refractivity contribution in [3.63, 3.8) is 0 Å². The molecule has 0 bridgehead atoms. The van der Waals surface area contributed by atoms with Gasteiger partial charge in [-0.15, -0.1) is 11.3 Å². The van der Waals surface area contributed by atoms with E-state index in [9.17, 15) is 18.0 Å². The van der Waals surface area contributed by atoms with E-state index in [2.05, 4.69) is 10.3 Å². The number of benzene rings is 1. The van der Waals surface area contributed by atoms with Gasteiger partial charge in [-0.05, 0) is 18.2 Å². The lowest BCUT2D eigenvalue weighted by atomic mass is 10.2. The van der Waals surface area contributed by atoms with Crippen molar-refractivity contribution >= 4 is 39.0 Å². The lowest BCUT2D eigenvalue weighted by molar-refractivity contribution is -0.137. The van der Waals surface area contributed by atoms with Gasteiger partial charge >= 0.3 is 12.2 Å². The Hall–Kier alpha value is -2.81. The highest BCUT2D eigenvalue weighted by Gasteiger charge is 2.31. The fourth-order valence-corrected chi connectivity index (χ4v) is 4.04. The molecule has 0 radical (unpaired) electrons. The van der Waals surface area contributed by atoms with Crippen LogP contribution in [0.25, 0.3) is 10.1 Å². The zero-order valence-electron chi connectivity index (χ0n) is 14.7. The maximum atomic E-state index is 12.7. The van der Waals surface area contributed by atoms with Crippen LogP contribution in [0.2, 0.25) is 0 Å². The first kappa shape index (κ1) is 18.5. The van der Waals surface area contributed by atoms with Crippen LogP contribution in [-0.2, 0) is 6.18 Å². The second kappa shape index (κ2) is 7.31. The molecule has 2 amide bonds. The summed E-state index contributed by atoms with van der Waals surface area (Å²) in [4.78, 5) is 20.1. The van der Waals surface area contributed by atoms with Gasteiger partial charge in [0.05, 0.1) is 11.3 Å². The summed E-state index contributed by atoms with van der Waals surface area (Å²) >= 11 is 1.57. The zero-order valence-corrected chi connectivity index (χ0v) is 15.6. The first-order valence-electron chi connectivity index (χ1n) is 8.72. The Labute approximate surface area is 163 Å². The minimum absolute atomic E-state index is 0.177. The number of aromatic nitrogens is 1. The molecule has 1 N–H and O–H groups in total. The molecule has 3 aromatic rings. The summed E-state index contributed by atoms with van der Waals surface area (Å²) < 4.78 is 39.1. The molecule has 28 heavy (non-hydrogen) atoms. The number of thiophene rings is 1. The molecule has 9 heteroatoms. The molecule has 1 saturated heterocycles. The van der Waals surface area contributed by atoms with Gasteiger partial charge in [0.25, 0.3) is 0 Å². The molecule has 0 unspecified atom stereocenters. The standard InChI is InChI=1S/C19H17F3N4OS/c20-19(21,22)13-5-6-17(23-11-13)25-7-9-26(10-8-25)18(27)24-15-12-28-16-4-2-1-3-14(15)16/h1-6,11-12H,7-10H2,(H,24,27). The number of urea groups is 1. The average Bonchev–Trinajstić information content (AvgIpc) is 3.10. The van der Waals surface area contributed by atoms with Crippen LogP contribution in [0.1, 0.15) is 5.56 Å². The predicted octanol–water partition coefficient (Wildman–Crippen LogP) is 4.67. The number of carbonyl (C=O) groups is 1. The molecule has 0 aliphatic carbocycles. The van der Waals surface area contributed by atoms with E-state index in [-0.39, 0.29) is 6.03 Å². The maximum absolute atomic E-state index is 12.7. The van der Waals surface area contributed by atoms with Crippen molar-refractivity contribution < 1.29 is 18.0 Å². The lowest BCUT2D eigenvalue weighted by Gasteiger charge is -2.35. The Balaban J connectivity index is 1.36. The van der Waals surface area contributed by atoms with E-state index in [1.54, 1.807) is 16.2 Å². The van der Waals surface area contributed by atoms with E-state index >= 15 is 0 Å². The van der Waals surface area contributed by atoms with Crippen molar-refractivity contribution in [2.75, 3.05) is 36.4 Å². The molecule has 2 aromatic heterocycles. The summed E-state index contributed by atoms with van der Waals surface area (Å²) in [6.07, 6.45) is -3.55. The molecule has 1 aliphatic heterocycles. The normalized spacial score (nSPS) is 15.1. The Kier molecular flexibility index (Phi) is 4.84. The van der Waals surface area contributed by atoms with Gasteiger partial charge in [0.15, 0.2) is 0 Å². The molecule has 0 spiro atoms. The predicted molar refractivity (Wildman–Crippen MR) is 104 cm³/mol. The lowest BCUT2D eigenvalue weighted by Crippen LogP contribution is -2.50. The molecule has 0 saturated carbocycles. The topological polar surface area (TPSA) is 48.5 Å². The maximum Gasteiger partial charge on any atom is 0.417 e. The second-order valence-corrected chi connectivity index (χ2v) is 7.36. The Morgan fingerprint density at radius 1 is 1.07 bits per heavy atom. The number of anilines is 2. The fourth-order valence-electron chi connectivity index (χ4n) is 3.15. The third kappa shape index (κ3) is 3.75. The van der Waals surface area contributed by atoms with Gasteiger partial charge in [-0.2, -0.15) is 13.2 Å². The van der Waals surface area contributed by atoms with E-state index in [4.69, 9.17) is 0 Å². The highest BCUT2D eigenvalue weighted by atomic mass is 32.1. The number of rotatable bonds is 2. The van der Waals surface area contributed by atoms with E-state index in [1.165, 1.54) is 6.07 Å². The molecule has 4 rings (SSSR count). The molecule has 1 fully saturated rings. The molecule has 1 aromatic carbocycles. The van der Waals surface area contributed by atoms with Crippen molar-refractivity contribution in [3.8, 4) is 0 Å². The van der Waals surface area contributed by atoms with Gasteiger partial charge in [-0.25, -0.2) is 9.78 Å². The average molecular weight is 406 g/mol. The summed E-state index contributed by atoms with van der Waals surface area (Å²) in [5, 5.41) is 5.88. The highest BCUT2D eigenvalue weighted by Crippen LogP contribution is 2.31. The van der Waals surface area contributed by atoms with Crippen LogP contribution in [0.15, 0.2) is 48.0 Å². The Morgan fingerprint density at radius 2 is 1.82 bits per heavy atom. The first-order chi connectivity index (χ1) is 13.4. The number of fused-ring (bicyclic) bond motifs is 1. The van der Waals surface area contributed by atoms with Gasteiger partial charge in [0, 0.05) is 47.8 Å². The number of nitrogens with zero attached hydrogens (tertiary/aromatic N) is 3. The van der Waals surface area contributed by atoms with Crippen LogP contribution in [0.4, 0.5) is 29.5 Å². The number of pyridine rings is 1. The molecular weight excluding hydrogens is 389 g/mol. The number of hydrogen-bond donors (Lipinski definition) is 1. The quantitative estimate of drug-likeness (QED) is 0.673. The monoisotopic (exact) mass is 406 g/mol. The summed E-state index contributed by atoms with van der Waals surface area (Å²) in [6, 6.07) is 10.1. The molecule has 0 atom stereocenters. The first-order valence-corrected chi connectivity index (χ1v) is 9.60. The third-order valence-electron chi connectivity index (χ3n) is 4.69. The summed E-state index contributed by atoms with van der Waals surface area (Å²) in [7, 11) is 0. The van der Waals surface area contributed by atoms with E-state index < -0.39 is 11.7 Å². The number of nitrogens with one attached hydrogen (secondary N) is 1. The van der Waals surface area contributed by atoms with Crippen LogP contribution < -0.4 is 10.2 Å². The second-order valence-electron chi connectivity index (χ2n) is 6.45. The third-order valence-corrected chi connectivity index (χ3v) is 5.65. The molecule has 3 heterocycles. The molecular formula is C19H17F3N4OS. The summed E-state index contributed by atoms with van der Waals surface area (Å²) in [5.74, 6) is 0.483. The fraction of sp³-hybridized carbons (Fsp3) is 0.263. The Bertz CT molecular complexity index is 979. The van der Waals surface area contributed by atoms with Crippen molar-refractivity contribution in [2.45, 2.75) is 6.18 Å². The van der Waals surface area contributed by atoms with Crippen LogP contribution in [0.5, 0.6) is 0 Å². The Morgan fingerprint density at radius 3 is 2.50 bits per heavy atom. The zero-order chi connectivity index (χ0) is 19.7. The van der Waals surface area contributed by atoms with Crippen molar-refractivity contribution in [3.05, 3.63) is 53.5 Å². The molecule has 1 aliphatic rings. The van der Waals surface area contributed by atoms with Crippen molar-refractivity contribution in [2.24, 2.45) is 0 Å². The minimum Gasteiger partial charge on any atom is -0.353 e. The SMILES string of the molecule is O=C(Nc1csc2ccccc12)N1CCN(c2ccc(C(F)(F)F)cn2)CC1. The summed E-state index contributed by atoms with van der Waals surface area (Å²) in [5.41, 5.74) is 0.0229. The van der Waals surface area contributed by atoms with Gasteiger partial charge < -0.3 is 15.1 Å². The van der Waals surface area contributed by atoms with E-state index in [1.807, 2.05) is 34.5 Å². The molecule has 146 valence electrons. The number of halogens is 3. The largest absolute Gasteiger partial charge is 0.417 e. The van der Waals surface area contributed by atoms with Gasteiger partial charge in [0.1, 0.15) is 5.82 Å². The van der Waals surface area contributed by atoms with Crippen LogP contribution in [0.3, 0.4) is 0 Å². The van der Waals surface area contributed by atoms with E-state index in [0.29, 0.717) is 32.0 Å². The summed E-state index contributed by atoms with van der Waals surface area (Å²) in [6.45, 7) is 1.96. The van der Waals surface area contributed by atoms with Gasteiger partial charge in [0.2, 0.25) is 0 Å². The van der Waals surface area contributed by atoms with Crippen molar-refractivity contribution in [1.29, 1.82) is 0 Å². The van der Waals surface area contributed by atoms with Crippen LogP contribution >= 0.6 is 11.3 Å². The molecule has 5 nitrogen and oxygen atoms in total. The van der Waals surface area contributed by atoms with E-state index in [0.717, 1.165) is 28.0 Å². The smallest absolute Gasteiger partial charge is 0.353 e. The van der Waals surface area contributed by atoms with Gasteiger partial charge in [-0.1, -0.05) is 18.2 Å². The number of piperazine rings is 1. The minimum atomic E-state index is -4.39. The number of amides is 2. The van der Waals surface area contributed by atoms with Crippen molar-refractivity contribution in [1.82, 2.24) is 9.88 Å². The van der Waals surface area contributed by atoms with Crippen LogP contribution in [-0.4, -0.2) is 42.1 Å².